The van der Waals surface area contributed by atoms with Crippen LogP contribution in [-0.4, -0.2) is 58.2 Å². The second-order valence-corrected chi connectivity index (χ2v) is 10.4. The van der Waals surface area contributed by atoms with E-state index in [1.807, 2.05) is 13.0 Å². The first kappa shape index (κ1) is 23.3. The largest absolute Gasteiger partial charge is 0.361 e. The lowest BCUT2D eigenvalue weighted by Crippen LogP contribution is -2.39. The minimum absolute atomic E-state index is 0.0393. The number of rotatable bonds is 7. The number of amides is 1. The van der Waals surface area contributed by atoms with Crippen LogP contribution in [0.15, 0.2) is 16.8 Å². The molecule has 1 aliphatic carbocycles. The summed E-state index contributed by atoms with van der Waals surface area (Å²) in [5, 5.41) is 7.05. The number of hydrogen-bond acceptors (Lipinski definition) is 7. The summed E-state index contributed by atoms with van der Waals surface area (Å²) in [6.07, 6.45) is 13.0. The highest BCUT2D eigenvalue weighted by Gasteiger charge is 2.25. The van der Waals surface area contributed by atoms with Gasteiger partial charge in [-0.1, -0.05) is 5.16 Å². The Kier molecular flexibility index (Phi) is 7.42. The highest BCUT2D eigenvalue weighted by Crippen LogP contribution is 2.28. The summed E-state index contributed by atoms with van der Waals surface area (Å²) in [6, 6.07) is 2.12. The van der Waals surface area contributed by atoms with Gasteiger partial charge in [0.15, 0.2) is 0 Å². The quantitative estimate of drug-likeness (QED) is 0.669. The molecule has 4 heterocycles. The molecule has 0 unspecified atom stereocenters. The number of anilines is 1. The molecule has 0 bridgehead atoms. The van der Waals surface area contributed by atoms with Gasteiger partial charge < -0.3 is 14.7 Å². The third-order valence-corrected chi connectivity index (χ3v) is 7.73. The van der Waals surface area contributed by atoms with E-state index in [1.54, 1.807) is 0 Å². The molecule has 2 aromatic heterocycles. The molecule has 3 aliphatic rings. The second kappa shape index (κ2) is 10.8. The van der Waals surface area contributed by atoms with Gasteiger partial charge in [0.05, 0.1) is 17.8 Å². The van der Waals surface area contributed by atoms with E-state index in [9.17, 15) is 4.79 Å². The zero-order chi connectivity index (χ0) is 23.3. The third kappa shape index (κ3) is 5.95. The number of carbonyl (C=O) groups excluding carboxylic acids is 1. The Hall–Kier alpha value is -2.48. The molecule has 1 N–H and O–H groups in total. The maximum absolute atomic E-state index is 12.3. The summed E-state index contributed by atoms with van der Waals surface area (Å²) in [6.45, 7) is 7.23. The number of fused-ring (bicyclic) bond motifs is 1. The zero-order valence-electron chi connectivity index (χ0n) is 20.5. The molecule has 0 aromatic carbocycles. The first-order valence-electron chi connectivity index (χ1n) is 13.2. The average Bonchev–Trinajstić information content (AvgIpc) is 3.27. The minimum atomic E-state index is 0.0393. The first-order chi connectivity index (χ1) is 16.6. The highest BCUT2D eigenvalue weighted by atomic mass is 16.5. The lowest BCUT2D eigenvalue weighted by atomic mass is 9.84. The monoisotopic (exact) mass is 466 g/mol. The zero-order valence-corrected chi connectivity index (χ0v) is 20.5. The van der Waals surface area contributed by atoms with Gasteiger partial charge in [-0.15, -0.1) is 0 Å². The lowest BCUT2D eigenvalue weighted by Gasteiger charge is -2.33. The van der Waals surface area contributed by atoms with Crippen molar-refractivity contribution in [3.8, 4) is 0 Å². The van der Waals surface area contributed by atoms with Gasteiger partial charge in [-0.2, -0.15) is 0 Å². The van der Waals surface area contributed by atoms with Gasteiger partial charge in [-0.3, -0.25) is 9.69 Å². The maximum Gasteiger partial charge on any atom is 0.227 e. The summed E-state index contributed by atoms with van der Waals surface area (Å²) >= 11 is 0. The van der Waals surface area contributed by atoms with E-state index in [1.165, 1.54) is 49.8 Å². The number of aromatic nitrogens is 3. The molecule has 0 atom stereocenters. The van der Waals surface area contributed by atoms with Crippen molar-refractivity contribution in [3.05, 3.63) is 35.0 Å². The fraction of sp³-hybridized carbons (Fsp3) is 0.692. The van der Waals surface area contributed by atoms with Crippen LogP contribution in [0.3, 0.4) is 0 Å². The summed E-state index contributed by atoms with van der Waals surface area (Å²) in [4.78, 5) is 26.9. The van der Waals surface area contributed by atoms with E-state index in [2.05, 4.69) is 31.5 Å². The third-order valence-electron chi connectivity index (χ3n) is 7.73. The van der Waals surface area contributed by atoms with Crippen molar-refractivity contribution in [2.45, 2.75) is 83.7 Å². The van der Waals surface area contributed by atoms with Gasteiger partial charge in [0.25, 0.3) is 0 Å². The average molecular weight is 467 g/mol. The molecule has 34 heavy (non-hydrogen) atoms. The van der Waals surface area contributed by atoms with Crippen LogP contribution in [0.25, 0.3) is 0 Å². The molecule has 184 valence electrons. The standard InChI is InChI=1S/C26H38N6O2/c1-19-15-23(34-30-19)16-25(33)28-22-7-5-20(6-8-22)9-13-31-14-10-21-17-27-26(29-24(21)18-31)32-11-3-2-4-12-32/h15,17,20,22H,2-14,16,18H2,1H3,(H,28,33). The van der Waals surface area contributed by atoms with Crippen LogP contribution in [0.4, 0.5) is 5.95 Å². The van der Waals surface area contributed by atoms with Gasteiger partial charge in [0.1, 0.15) is 5.76 Å². The normalized spacial score (nSPS) is 23.5. The van der Waals surface area contributed by atoms with Crippen LogP contribution in [0.5, 0.6) is 0 Å². The van der Waals surface area contributed by atoms with Crippen LogP contribution < -0.4 is 10.2 Å². The Morgan fingerprint density at radius 1 is 1.15 bits per heavy atom. The maximum atomic E-state index is 12.3. The van der Waals surface area contributed by atoms with Crippen LogP contribution in [0.1, 0.15) is 74.1 Å². The van der Waals surface area contributed by atoms with Crippen molar-refractivity contribution in [1.82, 2.24) is 25.3 Å². The van der Waals surface area contributed by atoms with E-state index < -0.39 is 0 Å². The van der Waals surface area contributed by atoms with Crippen LogP contribution in [0.2, 0.25) is 0 Å². The Morgan fingerprint density at radius 2 is 1.97 bits per heavy atom. The van der Waals surface area contributed by atoms with Crippen molar-refractivity contribution in [3.63, 3.8) is 0 Å². The van der Waals surface area contributed by atoms with Crippen molar-refractivity contribution in [2.75, 3.05) is 31.1 Å². The highest BCUT2D eigenvalue weighted by molar-refractivity contribution is 5.78. The van der Waals surface area contributed by atoms with Gasteiger partial charge in [0, 0.05) is 44.5 Å². The molecule has 8 heteroatoms. The van der Waals surface area contributed by atoms with Crippen LogP contribution in [0, 0.1) is 12.8 Å². The lowest BCUT2D eigenvalue weighted by molar-refractivity contribution is -0.121. The molecular formula is C26H38N6O2. The molecule has 0 spiro atoms. The molecular weight excluding hydrogens is 428 g/mol. The minimum Gasteiger partial charge on any atom is -0.361 e. The van der Waals surface area contributed by atoms with E-state index in [-0.39, 0.29) is 12.3 Å². The van der Waals surface area contributed by atoms with Crippen molar-refractivity contribution in [1.29, 1.82) is 0 Å². The second-order valence-electron chi connectivity index (χ2n) is 10.4. The fourth-order valence-electron chi connectivity index (χ4n) is 5.68. The molecule has 8 nitrogen and oxygen atoms in total. The number of hydrogen-bond donors (Lipinski definition) is 1. The molecule has 1 saturated heterocycles. The molecule has 0 radical (unpaired) electrons. The molecule has 1 amide bonds. The number of piperidine rings is 1. The first-order valence-corrected chi connectivity index (χ1v) is 13.2. The van der Waals surface area contributed by atoms with Gasteiger partial charge in [-0.05, 0) is 82.7 Å². The van der Waals surface area contributed by atoms with Crippen LogP contribution in [-0.2, 0) is 24.2 Å². The van der Waals surface area contributed by atoms with Crippen molar-refractivity contribution >= 4 is 11.9 Å². The molecule has 1 saturated carbocycles. The SMILES string of the molecule is Cc1cc(CC(=O)NC2CCC(CCN3CCc4cnc(N5CCCCC5)nc4C3)CC2)on1. The number of nitrogens with one attached hydrogen (secondary N) is 1. The summed E-state index contributed by atoms with van der Waals surface area (Å²) in [5.74, 6) is 2.36. The number of aryl methyl sites for hydroxylation is 1. The van der Waals surface area contributed by atoms with Crippen LogP contribution >= 0.6 is 0 Å². The predicted molar refractivity (Wildman–Crippen MR) is 131 cm³/mol. The Labute approximate surface area is 202 Å². The van der Waals surface area contributed by atoms with Gasteiger partial charge >= 0.3 is 0 Å². The number of nitrogens with zero attached hydrogens (tertiary/aromatic N) is 5. The van der Waals surface area contributed by atoms with E-state index in [0.717, 1.165) is 69.5 Å². The summed E-state index contributed by atoms with van der Waals surface area (Å²) in [5.41, 5.74) is 3.37. The Bertz CT molecular complexity index is 962. The van der Waals surface area contributed by atoms with E-state index >= 15 is 0 Å². The van der Waals surface area contributed by atoms with E-state index in [4.69, 9.17) is 9.51 Å². The van der Waals surface area contributed by atoms with E-state index in [0.29, 0.717) is 11.8 Å². The Balaban J connectivity index is 1.04. The molecule has 2 fully saturated rings. The smallest absolute Gasteiger partial charge is 0.227 e. The summed E-state index contributed by atoms with van der Waals surface area (Å²) < 4.78 is 5.16. The van der Waals surface area contributed by atoms with Crippen molar-refractivity contribution in [2.24, 2.45) is 5.92 Å². The fourth-order valence-corrected chi connectivity index (χ4v) is 5.68. The van der Waals surface area contributed by atoms with Gasteiger partial charge in [-0.25, -0.2) is 9.97 Å². The van der Waals surface area contributed by atoms with Gasteiger partial charge in [0.2, 0.25) is 11.9 Å². The Morgan fingerprint density at radius 3 is 2.74 bits per heavy atom. The van der Waals surface area contributed by atoms with Crippen molar-refractivity contribution < 1.29 is 9.32 Å². The summed E-state index contributed by atoms with van der Waals surface area (Å²) in [7, 11) is 0. The molecule has 5 rings (SSSR count). The topological polar surface area (TPSA) is 87.4 Å². The molecule has 2 aliphatic heterocycles. The number of carbonyl (C=O) groups is 1. The molecule has 2 aromatic rings. The predicted octanol–water partition coefficient (Wildman–Crippen LogP) is 3.43.